The van der Waals surface area contributed by atoms with Crippen LogP contribution in [-0.2, 0) is 0 Å². The second-order valence-corrected chi connectivity index (χ2v) is 2.55. The smallest absolute Gasteiger partial charge is 0.0668 e. The van der Waals surface area contributed by atoms with Crippen molar-refractivity contribution in [2.75, 3.05) is 0 Å². The molecule has 0 fully saturated rings. The van der Waals surface area contributed by atoms with Gasteiger partial charge >= 0.3 is 0 Å². The Bertz CT molecular complexity index is 304. The Kier molecular flexibility index (Phi) is 6.96. The predicted molar refractivity (Wildman–Crippen MR) is 64.9 cm³/mol. The molecule has 0 heterocycles. The molecule has 0 spiro atoms. The summed E-state index contributed by atoms with van der Waals surface area (Å²) < 4.78 is 0. The second kappa shape index (κ2) is 7.92. The van der Waals surface area contributed by atoms with Crippen LogP contribution in [0.3, 0.4) is 0 Å². The van der Waals surface area contributed by atoms with Gasteiger partial charge in [-0.2, -0.15) is 0 Å². The van der Waals surface area contributed by atoms with Crippen LogP contribution in [0.4, 0.5) is 0 Å². The molecule has 14 heavy (non-hydrogen) atoms. The normalized spacial score (nSPS) is 13.9. The van der Waals surface area contributed by atoms with Crippen molar-refractivity contribution in [1.29, 1.82) is 0 Å². The lowest BCUT2D eigenvalue weighted by Crippen LogP contribution is -1.93. The van der Waals surface area contributed by atoms with Crippen molar-refractivity contribution >= 4 is 11.9 Å². The van der Waals surface area contributed by atoms with Crippen molar-refractivity contribution in [3.8, 4) is 0 Å². The summed E-state index contributed by atoms with van der Waals surface area (Å²) in [5.41, 5.74) is 1.79. The second-order valence-electron chi connectivity index (χ2n) is 2.55. The third kappa shape index (κ3) is 5.04. The van der Waals surface area contributed by atoms with E-state index in [2.05, 4.69) is 23.1 Å². The topological polar surface area (TPSA) is 24.7 Å². The van der Waals surface area contributed by atoms with Gasteiger partial charge in [-0.15, -0.1) is 0 Å². The maximum atomic E-state index is 4.19. The van der Waals surface area contributed by atoms with Crippen LogP contribution in [0, 0.1) is 0 Å². The van der Waals surface area contributed by atoms with Crippen molar-refractivity contribution in [3.63, 3.8) is 0 Å². The zero-order valence-electron chi connectivity index (χ0n) is 8.77. The van der Waals surface area contributed by atoms with Gasteiger partial charge in [-0.3, -0.25) is 9.98 Å². The van der Waals surface area contributed by atoms with Gasteiger partial charge in [-0.1, -0.05) is 25.3 Å². The minimum absolute atomic E-state index is 0.823. The van der Waals surface area contributed by atoms with Crippen molar-refractivity contribution < 1.29 is 0 Å². The van der Waals surface area contributed by atoms with E-state index in [0.717, 1.165) is 11.3 Å². The highest BCUT2D eigenvalue weighted by molar-refractivity contribution is 6.07. The van der Waals surface area contributed by atoms with Gasteiger partial charge < -0.3 is 0 Å². The van der Waals surface area contributed by atoms with Crippen LogP contribution in [0.15, 0.2) is 59.3 Å². The van der Waals surface area contributed by atoms with E-state index in [-0.39, 0.29) is 0 Å². The summed E-state index contributed by atoms with van der Waals surface area (Å²) >= 11 is 0. The van der Waals surface area contributed by atoms with Gasteiger partial charge in [0.05, 0.1) is 5.71 Å². The summed E-state index contributed by atoms with van der Waals surface area (Å²) in [6.45, 7) is 11.1. The molecule has 0 saturated carbocycles. The predicted octanol–water partition coefficient (Wildman–Crippen LogP) is 3.31. The third-order valence-corrected chi connectivity index (χ3v) is 1.42. The summed E-state index contributed by atoms with van der Waals surface area (Å²) in [6, 6.07) is 0. The van der Waals surface area contributed by atoms with E-state index in [9.17, 15) is 0 Å². The van der Waals surface area contributed by atoms with E-state index in [1.165, 1.54) is 0 Å². The summed E-state index contributed by atoms with van der Waals surface area (Å²) in [4.78, 5) is 8.20. The summed E-state index contributed by atoms with van der Waals surface area (Å²) in [5, 5.41) is 0. The minimum Gasteiger partial charge on any atom is -0.264 e. The maximum absolute atomic E-state index is 4.19. The van der Waals surface area contributed by atoms with E-state index < -0.39 is 0 Å². The summed E-state index contributed by atoms with van der Waals surface area (Å²) in [5.74, 6) is 0. The number of hydrogen-bond donors (Lipinski definition) is 0. The molecule has 0 N–H and O–H groups in total. The minimum atomic E-state index is 0.823. The van der Waals surface area contributed by atoms with E-state index in [0.29, 0.717) is 0 Å². The van der Waals surface area contributed by atoms with Crippen LogP contribution in [0.25, 0.3) is 0 Å². The van der Waals surface area contributed by atoms with Crippen LogP contribution < -0.4 is 0 Å². The molecule has 0 aromatic rings. The monoisotopic (exact) mass is 188 g/mol. The quantitative estimate of drug-likeness (QED) is 0.591. The van der Waals surface area contributed by atoms with Crippen LogP contribution in [-0.4, -0.2) is 11.9 Å². The number of hydrogen-bond acceptors (Lipinski definition) is 2. The fourth-order valence-corrected chi connectivity index (χ4v) is 0.752. The molecule has 0 aliphatic rings. The first-order chi connectivity index (χ1) is 6.76. The molecule has 2 nitrogen and oxygen atoms in total. The SMILES string of the molecule is C=C\C=N/C=C(C)/C(C=C)=N/C=C\C. The fourth-order valence-electron chi connectivity index (χ4n) is 0.752. The van der Waals surface area contributed by atoms with E-state index >= 15 is 0 Å². The molecule has 0 unspecified atom stereocenters. The first kappa shape index (κ1) is 12.3. The van der Waals surface area contributed by atoms with Crippen LogP contribution in [0.5, 0.6) is 0 Å². The Morgan fingerprint density at radius 3 is 2.50 bits per heavy atom. The molecule has 0 aromatic heterocycles. The Labute approximate surface area is 85.8 Å². The van der Waals surface area contributed by atoms with Crippen LogP contribution >= 0.6 is 0 Å². The van der Waals surface area contributed by atoms with Gasteiger partial charge in [-0.05, 0) is 25.5 Å². The molecule has 0 rings (SSSR count). The molecule has 2 heteroatoms. The fraction of sp³-hybridized carbons (Fsp3) is 0.167. The lowest BCUT2D eigenvalue weighted by Gasteiger charge is -1.96. The lowest BCUT2D eigenvalue weighted by atomic mass is 10.2. The Hall–Kier alpha value is -1.70. The zero-order chi connectivity index (χ0) is 10.8. The van der Waals surface area contributed by atoms with Gasteiger partial charge in [0.15, 0.2) is 0 Å². The lowest BCUT2D eigenvalue weighted by molar-refractivity contribution is 1.43. The van der Waals surface area contributed by atoms with Crippen molar-refractivity contribution in [2.24, 2.45) is 9.98 Å². The molecular weight excluding hydrogens is 172 g/mol. The molecule has 74 valence electrons. The molecular formula is C12H16N2. The van der Waals surface area contributed by atoms with Gasteiger partial charge in [0.2, 0.25) is 0 Å². The molecule has 0 saturated heterocycles. The molecule has 0 aromatic carbocycles. The van der Waals surface area contributed by atoms with Gasteiger partial charge in [0.1, 0.15) is 0 Å². The van der Waals surface area contributed by atoms with Gasteiger partial charge in [-0.25, -0.2) is 0 Å². The van der Waals surface area contributed by atoms with Crippen molar-refractivity contribution in [2.45, 2.75) is 13.8 Å². The average Bonchev–Trinajstić information content (AvgIpc) is 2.19. The van der Waals surface area contributed by atoms with Gasteiger partial charge in [0.25, 0.3) is 0 Å². The maximum Gasteiger partial charge on any atom is 0.0668 e. The zero-order valence-corrected chi connectivity index (χ0v) is 8.77. The molecule has 0 bridgehead atoms. The van der Waals surface area contributed by atoms with Crippen molar-refractivity contribution in [1.82, 2.24) is 0 Å². The highest BCUT2D eigenvalue weighted by Gasteiger charge is 1.93. The van der Waals surface area contributed by atoms with E-state index in [4.69, 9.17) is 0 Å². The third-order valence-electron chi connectivity index (χ3n) is 1.42. The highest BCUT2D eigenvalue weighted by atomic mass is 14.7. The number of rotatable bonds is 5. The van der Waals surface area contributed by atoms with E-state index in [1.807, 2.05) is 19.9 Å². The van der Waals surface area contributed by atoms with Gasteiger partial charge in [0, 0.05) is 18.6 Å². The molecule has 0 aliphatic heterocycles. The summed E-state index contributed by atoms with van der Waals surface area (Å²) in [7, 11) is 0. The number of nitrogens with zero attached hydrogens (tertiary/aromatic N) is 2. The van der Waals surface area contributed by atoms with Crippen LogP contribution in [0.2, 0.25) is 0 Å². The van der Waals surface area contributed by atoms with Crippen LogP contribution in [0.1, 0.15) is 13.8 Å². The number of allylic oxidation sites excluding steroid dienone is 4. The molecule has 0 amide bonds. The Morgan fingerprint density at radius 1 is 1.29 bits per heavy atom. The number of aliphatic imine (C=N–C) groups is 2. The molecule has 0 atom stereocenters. The average molecular weight is 188 g/mol. The van der Waals surface area contributed by atoms with E-state index in [1.54, 1.807) is 30.8 Å². The van der Waals surface area contributed by atoms with Crippen molar-refractivity contribution in [3.05, 3.63) is 49.4 Å². The molecule has 0 radical (unpaired) electrons. The summed E-state index contributed by atoms with van der Waals surface area (Å²) in [6.07, 6.45) is 10.3. The first-order valence-electron chi connectivity index (χ1n) is 4.39. The molecule has 0 aliphatic carbocycles. The Morgan fingerprint density at radius 2 is 2.00 bits per heavy atom. The Balaban J connectivity index is 4.68. The standard InChI is InChI=1S/C12H16N2/c1-5-8-13-10-11(4)12(7-3)14-9-6-2/h5-10H,1,3H2,2,4H3/b9-6-,11-10+,13-8-,14-12+. The largest absolute Gasteiger partial charge is 0.264 e. The first-order valence-corrected chi connectivity index (χ1v) is 4.39. The highest BCUT2D eigenvalue weighted by Crippen LogP contribution is 1.99.